The second-order valence-electron chi connectivity index (χ2n) is 4.15. The maximum Gasteiger partial charge on any atom is 0.335 e. The van der Waals surface area contributed by atoms with Crippen molar-refractivity contribution >= 4 is 17.5 Å². The number of aromatic carboxylic acids is 1. The summed E-state index contributed by atoms with van der Waals surface area (Å²) in [6, 6.07) is 10.5. The number of rotatable bonds is 4. The van der Waals surface area contributed by atoms with Crippen LogP contribution in [0.15, 0.2) is 36.4 Å². The Labute approximate surface area is 111 Å². The van der Waals surface area contributed by atoms with Crippen molar-refractivity contribution in [3.63, 3.8) is 0 Å². The van der Waals surface area contributed by atoms with Gasteiger partial charge in [0.25, 0.3) is 0 Å². The topological polar surface area (TPSA) is 66.3 Å². The fourth-order valence-electron chi connectivity index (χ4n) is 1.68. The summed E-state index contributed by atoms with van der Waals surface area (Å²) in [6.07, 6.45) is 0.851. The summed E-state index contributed by atoms with van der Waals surface area (Å²) in [7, 11) is 1.87. The number of benzene rings is 1. The average molecular weight is 257 g/mol. The Balaban J connectivity index is 2.22. The van der Waals surface area contributed by atoms with Gasteiger partial charge in [0.2, 0.25) is 0 Å². The van der Waals surface area contributed by atoms with E-state index in [2.05, 4.69) is 10.2 Å². The molecule has 0 bridgehead atoms. The van der Waals surface area contributed by atoms with Crippen LogP contribution in [0.3, 0.4) is 0 Å². The van der Waals surface area contributed by atoms with Gasteiger partial charge in [0.05, 0.1) is 11.3 Å². The van der Waals surface area contributed by atoms with E-state index in [-0.39, 0.29) is 5.56 Å². The zero-order chi connectivity index (χ0) is 13.8. The third kappa shape index (κ3) is 2.88. The number of anilines is 2. The molecule has 5 heteroatoms. The first kappa shape index (κ1) is 13.0. The molecule has 5 nitrogen and oxygen atoms in total. The molecule has 19 heavy (non-hydrogen) atoms. The van der Waals surface area contributed by atoms with Crippen LogP contribution in [0.1, 0.15) is 23.0 Å². The third-order valence-electron chi connectivity index (χ3n) is 2.91. The Kier molecular flexibility index (Phi) is 3.75. The third-order valence-corrected chi connectivity index (χ3v) is 2.91. The molecule has 1 N–H and O–H groups in total. The van der Waals surface area contributed by atoms with E-state index < -0.39 is 5.97 Å². The summed E-state index contributed by atoms with van der Waals surface area (Å²) in [4.78, 5) is 12.6. The monoisotopic (exact) mass is 257 g/mol. The van der Waals surface area contributed by atoms with Gasteiger partial charge >= 0.3 is 5.97 Å². The van der Waals surface area contributed by atoms with Crippen LogP contribution < -0.4 is 4.90 Å². The molecule has 1 heterocycles. The first-order valence-corrected chi connectivity index (χ1v) is 6.01. The minimum atomic E-state index is -0.929. The van der Waals surface area contributed by atoms with Crippen LogP contribution in [0.2, 0.25) is 0 Å². The van der Waals surface area contributed by atoms with Gasteiger partial charge in [0, 0.05) is 12.7 Å². The largest absolute Gasteiger partial charge is 0.478 e. The molecule has 0 saturated carbocycles. The molecular weight excluding hydrogens is 242 g/mol. The Morgan fingerprint density at radius 3 is 2.32 bits per heavy atom. The fourth-order valence-corrected chi connectivity index (χ4v) is 1.68. The second kappa shape index (κ2) is 5.48. The quantitative estimate of drug-likeness (QED) is 0.911. The Hall–Kier alpha value is -2.43. The number of carboxylic acid groups (broad SMARTS) is 1. The molecule has 0 amide bonds. The number of carbonyl (C=O) groups is 1. The predicted octanol–water partition coefficient (Wildman–Crippen LogP) is 2.51. The fraction of sp³-hybridized carbons (Fsp3) is 0.214. The molecule has 0 aliphatic carbocycles. The van der Waals surface area contributed by atoms with Crippen molar-refractivity contribution < 1.29 is 9.90 Å². The normalized spacial score (nSPS) is 10.2. The van der Waals surface area contributed by atoms with Crippen LogP contribution in [0.5, 0.6) is 0 Å². The highest BCUT2D eigenvalue weighted by Crippen LogP contribution is 2.21. The van der Waals surface area contributed by atoms with Crippen molar-refractivity contribution in [2.45, 2.75) is 13.3 Å². The van der Waals surface area contributed by atoms with E-state index in [4.69, 9.17) is 5.11 Å². The van der Waals surface area contributed by atoms with Crippen molar-refractivity contribution in [3.8, 4) is 0 Å². The van der Waals surface area contributed by atoms with Crippen molar-refractivity contribution in [2.24, 2.45) is 0 Å². The molecule has 0 aliphatic rings. The first-order chi connectivity index (χ1) is 9.11. The average Bonchev–Trinajstić information content (AvgIpc) is 2.46. The summed E-state index contributed by atoms with van der Waals surface area (Å²) in [5.74, 6) is -0.207. The van der Waals surface area contributed by atoms with Crippen LogP contribution >= 0.6 is 0 Å². The van der Waals surface area contributed by atoms with Gasteiger partial charge in [-0.2, -0.15) is 5.10 Å². The van der Waals surface area contributed by atoms with E-state index in [1.165, 1.54) is 0 Å². The smallest absolute Gasteiger partial charge is 0.335 e. The summed E-state index contributed by atoms with van der Waals surface area (Å²) < 4.78 is 0. The lowest BCUT2D eigenvalue weighted by molar-refractivity contribution is 0.0697. The minimum absolute atomic E-state index is 0.268. The molecule has 0 saturated heterocycles. The number of aryl methyl sites for hydroxylation is 1. The lowest BCUT2D eigenvalue weighted by atomic mass is 10.2. The Bertz CT molecular complexity index is 564. The maximum absolute atomic E-state index is 10.8. The highest BCUT2D eigenvalue weighted by Gasteiger charge is 2.07. The number of carboxylic acids is 1. The molecule has 0 aliphatic heterocycles. The van der Waals surface area contributed by atoms with Crippen LogP contribution in [0, 0.1) is 0 Å². The molecular formula is C14H15N3O2. The minimum Gasteiger partial charge on any atom is -0.478 e. The van der Waals surface area contributed by atoms with Crippen molar-refractivity contribution in [1.29, 1.82) is 0 Å². The van der Waals surface area contributed by atoms with Gasteiger partial charge in [-0.15, -0.1) is 5.10 Å². The lowest BCUT2D eigenvalue weighted by Gasteiger charge is -2.17. The first-order valence-electron chi connectivity index (χ1n) is 6.01. The summed E-state index contributed by atoms with van der Waals surface area (Å²) in [5.41, 5.74) is 2.08. The molecule has 1 aromatic heterocycles. The standard InChI is InChI=1S/C14H15N3O2/c1-3-11-6-9-13(16-15-11)17(2)12-7-4-10(5-8-12)14(18)19/h4-9H,3H2,1-2H3,(H,18,19). The van der Waals surface area contributed by atoms with Gasteiger partial charge in [0.15, 0.2) is 5.82 Å². The highest BCUT2D eigenvalue weighted by molar-refractivity contribution is 5.88. The van der Waals surface area contributed by atoms with E-state index in [1.807, 2.05) is 31.0 Å². The summed E-state index contributed by atoms with van der Waals surface area (Å²) >= 11 is 0. The number of hydrogen-bond acceptors (Lipinski definition) is 4. The number of nitrogens with zero attached hydrogens (tertiary/aromatic N) is 3. The zero-order valence-electron chi connectivity index (χ0n) is 10.9. The van der Waals surface area contributed by atoms with E-state index in [1.54, 1.807) is 24.3 Å². The molecule has 98 valence electrons. The molecule has 0 unspecified atom stereocenters. The molecule has 0 spiro atoms. The summed E-state index contributed by atoms with van der Waals surface area (Å²) in [6.45, 7) is 2.03. The van der Waals surface area contributed by atoms with Crippen molar-refractivity contribution in [1.82, 2.24) is 10.2 Å². The van der Waals surface area contributed by atoms with Crippen molar-refractivity contribution in [2.75, 3.05) is 11.9 Å². The molecule has 0 fully saturated rings. The van der Waals surface area contributed by atoms with Crippen LogP contribution in [0.4, 0.5) is 11.5 Å². The lowest BCUT2D eigenvalue weighted by Crippen LogP contribution is -2.12. The molecule has 2 rings (SSSR count). The Morgan fingerprint density at radius 1 is 1.16 bits per heavy atom. The van der Waals surface area contributed by atoms with Crippen LogP contribution in [-0.4, -0.2) is 28.3 Å². The van der Waals surface area contributed by atoms with Crippen LogP contribution in [-0.2, 0) is 6.42 Å². The van der Waals surface area contributed by atoms with Crippen LogP contribution in [0.25, 0.3) is 0 Å². The second-order valence-corrected chi connectivity index (χ2v) is 4.15. The van der Waals surface area contributed by atoms with E-state index in [9.17, 15) is 4.79 Å². The van der Waals surface area contributed by atoms with Gasteiger partial charge in [-0.3, -0.25) is 0 Å². The predicted molar refractivity (Wildman–Crippen MR) is 72.9 cm³/mol. The van der Waals surface area contributed by atoms with E-state index in [0.29, 0.717) is 0 Å². The maximum atomic E-state index is 10.8. The van der Waals surface area contributed by atoms with Gasteiger partial charge in [-0.05, 0) is 42.8 Å². The molecule has 1 aromatic carbocycles. The van der Waals surface area contributed by atoms with Gasteiger partial charge in [-0.1, -0.05) is 6.92 Å². The van der Waals surface area contributed by atoms with E-state index >= 15 is 0 Å². The zero-order valence-corrected chi connectivity index (χ0v) is 10.9. The number of hydrogen-bond donors (Lipinski definition) is 1. The highest BCUT2D eigenvalue weighted by atomic mass is 16.4. The Morgan fingerprint density at radius 2 is 1.84 bits per heavy atom. The number of aromatic nitrogens is 2. The molecule has 0 radical (unpaired) electrons. The van der Waals surface area contributed by atoms with Gasteiger partial charge in [-0.25, -0.2) is 4.79 Å². The SMILES string of the molecule is CCc1ccc(N(C)c2ccc(C(=O)O)cc2)nn1. The van der Waals surface area contributed by atoms with Crippen molar-refractivity contribution in [3.05, 3.63) is 47.7 Å². The van der Waals surface area contributed by atoms with Gasteiger partial charge in [0.1, 0.15) is 0 Å². The molecule has 2 aromatic rings. The summed E-state index contributed by atoms with van der Waals surface area (Å²) in [5, 5.41) is 17.1. The van der Waals surface area contributed by atoms with E-state index in [0.717, 1.165) is 23.6 Å². The molecule has 0 atom stereocenters. The van der Waals surface area contributed by atoms with Gasteiger partial charge < -0.3 is 10.0 Å².